The molecule has 0 radical (unpaired) electrons. The van der Waals surface area contributed by atoms with E-state index < -0.39 is 5.79 Å². The lowest BCUT2D eigenvalue weighted by atomic mass is 10.0. The molecule has 2 aromatic carbocycles. The number of halogens is 1. The zero-order valence-electron chi connectivity index (χ0n) is 17.4. The molecule has 1 aliphatic heterocycles. The molecule has 1 atom stereocenters. The predicted octanol–water partition coefficient (Wildman–Crippen LogP) is 5.37. The van der Waals surface area contributed by atoms with Crippen LogP contribution in [-0.2, 0) is 12.8 Å². The van der Waals surface area contributed by atoms with Gasteiger partial charge in [0.2, 0.25) is 5.79 Å². The van der Waals surface area contributed by atoms with E-state index in [9.17, 15) is 0 Å². The van der Waals surface area contributed by atoms with Crippen LogP contribution in [0.15, 0.2) is 54.6 Å². The minimum Gasteiger partial charge on any atom is -0.368 e. The fourth-order valence-corrected chi connectivity index (χ4v) is 5.75. The molecule has 150 valence electrons. The highest BCUT2D eigenvalue weighted by molar-refractivity contribution is 5.49. The molecule has 0 N–H and O–H groups in total. The van der Waals surface area contributed by atoms with Gasteiger partial charge in [-0.05, 0) is 49.9 Å². The van der Waals surface area contributed by atoms with Crippen LogP contribution in [0.5, 0.6) is 0 Å². The maximum absolute atomic E-state index is 16.2. The van der Waals surface area contributed by atoms with Crippen molar-refractivity contribution in [2.24, 2.45) is 0 Å². The van der Waals surface area contributed by atoms with E-state index in [4.69, 9.17) is 0 Å². The molecule has 1 fully saturated rings. The maximum Gasteiger partial charge on any atom is 0.243 e. The first-order valence-corrected chi connectivity index (χ1v) is 11.0. The number of fused-ring (bicyclic) bond motifs is 1. The third-order valence-corrected chi connectivity index (χ3v) is 7.50. The second-order valence-electron chi connectivity index (χ2n) is 8.63. The summed E-state index contributed by atoms with van der Waals surface area (Å²) in [6, 6.07) is 19.8. The number of hydrogen-bond acceptors (Lipinski definition) is 1. The molecule has 2 nitrogen and oxygen atoms in total. The van der Waals surface area contributed by atoms with E-state index in [1.54, 1.807) is 0 Å². The Morgan fingerprint density at radius 2 is 1.57 bits per heavy atom. The third-order valence-electron chi connectivity index (χ3n) is 7.50. The molecule has 3 heteroatoms. The lowest BCUT2D eigenvalue weighted by Gasteiger charge is -2.44. The van der Waals surface area contributed by atoms with Gasteiger partial charge in [-0.2, -0.15) is 4.39 Å². The molecular weight excluding hydrogens is 347 g/mol. The number of likely N-dealkylation sites (tertiary alicyclic amines) is 1. The lowest BCUT2D eigenvalue weighted by molar-refractivity contribution is -0.977. The monoisotopic (exact) mass is 381 g/mol. The van der Waals surface area contributed by atoms with E-state index in [0.717, 1.165) is 45.4 Å². The Kier molecular flexibility index (Phi) is 5.46. The normalized spacial score (nSPS) is 23.7. The standard InChI is InChI=1S/C25H34FN2/c1-3-28(4-2)18-10-15-25(28,26)16-17-27(23-13-6-5-7-14-23)24-19-21-11-8-9-12-22(21)20-24/h5-9,11-14,24H,3-4,10,15-20H2,1-2H3/q+1. The van der Waals surface area contributed by atoms with Crippen molar-refractivity contribution in [2.75, 3.05) is 31.1 Å². The van der Waals surface area contributed by atoms with Crippen molar-refractivity contribution in [3.8, 4) is 0 Å². The maximum atomic E-state index is 16.2. The van der Waals surface area contributed by atoms with E-state index >= 15 is 4.39 Å². The molecule has 1 unspecified atom stereocenters. The molecule has 0 spiro atoms. The third kappa shape index (κ3) is 3.34. The van der Waals surface area contributed by atoms with Crippen LogP contribution in [0.3, 0.4) is 0 Å². The summed E-state index contributed by atoms with van der Waals surface area (Å²) in [5, 5.41) is 0. The molecule has 0 amide bonds. The number of hydrogen-bond donors (Lipinski definition) is 0. The van der Waals surface area contributed by atoms with Gasteiger partial charge in [0.15, 0.2) is 0 Å². The Balaban J connectivity index is 1.56. The van der Waals surface area contributed by atoms with Crippen LogP contribution in [0, 0.1) is 0 Å². The second kappa shape index (κ2) is 7.87. The van der Waals surface area contributed by atoms with Crippen LogP contribution < -0.4 is 4.90 Å². The van der Waals surface area contributed by atoms with Gasteiger partial charge in [0, 0.05) is 31.1 Å². The summed E-state index contributed by atoms with van der Waals surface area (Å²) < 4.78 is 16.8. The topological polar surface area (TPSA) is 3.24 Å². The van der Waals surface area contributed by atoms with Crippen molar-refractivity contribution in [2.45, 2.75) is 57.8 Å². The van der Waals surface area contributed by atoms with E-state index in [1.807, 2.05) is 0 Å². The Bertz CT molecular complexity index is 761. The van der Waals surface area contributed by atoms with Gasteiger partial charge >= 0.3 is 0 Å². The molecule has 1 heterocycles. The van der Waals surface area contributed by atoms with Crippen LogP contribution in [0.1, 0.15) is 44.2 Å². The van der Waals surface area contributed by atoms with Crippen molar-refractivity contribution >= 4 is 5.69 Å². The molecule has 0 bridgehead atoms. The van der Waals surface area contributed by atoms with Gasteiger partial charge in [-0.15, -0.1) is 0 Å². The Labute approximate surface area is 169 Å². The summed E-state index contributed by atoms with van der Waals surface area (Å²) in [5.74, 6) is -1.08. The first-order valence-electron chi connectivity index (χ1n) is 11.0. The molecule has 0 saturated carbocycles. The van der Waals surface area contributed by atoms with Crippen LogP contribution >= 0.6 is 0 Å². The molecule has 2 aromatic rings. The SMILES string of the molecule is CC[N+]1(CC)CCCC1(F)CCN(c1ccccc1)C1Cc2ccccc2C1. The fourth-order valence-electron chi connectivity index (χ4n) is 5.75. The smallest absolute Gasteiger partial charge is 0.243 e. The number of para-hydroxylation sites is 1. The summed E-state index contributed by atoms with van der Waals surface area (Å²) in [6.07, 6.45) is 4.47. The Morgan fingerprint density at radius 3 is 2.18 bits per heavy atom. The molecule has 2 aliphatic rings. The van der Waals surface area contributed by atoms with E-state index in [0.29, 0.717) is 23.4 Å². The van der Waals surface area contributed by atoms with Crippen LogP contribution in [0.25, 0.3) is 0 Å². The number of rotatable bonds is 7. The van der Waals surface area contributed by atoms with Gasteiger partial charge in [0.1, 0.15) is 0 Å². The quantitative estimate of drug-likeness (QED) is 0.460. The summed E-state index contributed by atoms with van der Waals surface area (Å²) in [4.78, 5) is 2.49. The average molecular weight is 382 g/mol. The summed E-state index contributed by atoms with van der Waals surface area (Å²) in [5.41, 5.74) is 4.14. The van der Waals surface area contributed by atoms with Gasteiger partial charge in [-0.1, -0.05) is 42.5 Å². The van der Waals surface area contributed by atoms with Crippen molar-refractivity contribution in [1.82, 2.24) is 0 Å². The fraction of sp³-hybridized carbons (Fsp3) is 0.520. The summed E-state index contributed by atoms with van der Waals surface area (Å²) >= 11 is 0. The van der Waals surface area contributed by atoms with Crippen molar-refractivity contribution in [1.29, 1.82) is 0 Å². The molecule has 0 aromatic heterocycles. The predicted molar refractivity (Wildman–Crippen MR) is 115 cm³/mol. The van der Waals surface area contributed by atoms with Gasteiger partial charge < -0.3 is 4.90 Å². The van der Waals surface area contributed by atoms with Crippen molar-refractivity contribution in [3.63, 3.8) is 0 Å². The highest BCUT2D eigenvalue weighted by Gasteiger charge is 2.53. The second-order valence-corrected chi connectivity index (χ2v) is 8.63. The van der Waals surface area contributed by atoms with E-state index in [1.165, 1.54) is 16.8 Å². The zero-order chi connectivity index (χ0) is 19.6. The first kappa shape index (κ1) is 19.4. The first-order chi connectivity index (χ1) is 13.6. The molecule has 4 rings (SSSR count). The Morgan fingerprint density at radius 1 is 0.964 bits per heavy atom. The lowest BCUT2D eigenvalue weighted by Crippen LogP contribution is -2.59. The minimum atomic E-state index is -1.08. The zero-order valence-corrected chi connectivity index (χ0v) is 17.4. The van der Waals surface area contributed by atoms with Gasteiger partial charge in [0.25, 0.3) is 0 Å². The average Bonchev–Trinajstić information content (AvgIpc) is 3.30. The molecule has 1 aliphatic carbocycles. The van der Waals surface area contributed by atoms with Crippen LogP contribution in [-0.4, -0.2) is 42.5 Å². The minimum absolute atomic E-state index is 0.426. The van der Waals surface area contributed by atoms with E-state index in [2.05, 4.69) is 73.3 Å². The number of alkyl halides is 1. The molecule has 1 saturated heterocycles. The summed E-state index contributed by atoms with van der Waals surface area (Å²) in [7, 11) is 0. The van der Waals surface area contributed by atoms with Gasteiger partial charge in [-0.25, -0.2) is 0 Å². The van der Waals surface area contributed by atoms with E-state index in [-0.39, 0.29) is 0 Å². The van der Waals surface area contributed by atoms with Crippen LogP contribution in [0.2, 0.25) is 0 Å². The van der Waals surface area contributed by atoms with Gasteiger partial charge in [-0.3, -0.25) is 4.48 Å². The number of benzene rings is 2. The van der Waals surface area contributed by atoms with Gasteiger partial charge in [0.05, 0.1) is 26.1 Å². The number of quaternary nitrogens is 1. The number of anilines is 1. The molecule has 28 heavy (non-hydrogen) atoms. The van der Waals surface area contributed by atoms with Crippen molar-refractivity contribution in [3.05, 3.63) is 65.7 Å². The van der Waals surface area contributed by atoms with Crippen molar-refractivity contribution < 1.29 is 8.87 Å². The largest absolute Gasteiger partial charge is 0.368 e. The highest BCUT2D eigenvalue weighted by Crippen LogP contribution is 2.42. The number of nitrogens with zero attached hydrogens (tertiary/aromatic N) is 2. The summed E-state index contributed by atoms with van der Waals surface area (Å²) in [6.45, 7) is 7.89. The van der Waals surface area contributed by atoms with Crippen LogP contribution in [0.4, 0.5) is 10.1 Å². The Hall–Kier alpha value is -1.87. The highest BCUT2D eigenvalue weighted by atomic mass is 19.1. The molecular formula is C25H34FN2+.